The van der Waals surface area contributed by atoms with Crippen LogP contribution in [0.4, 0.5) is 0 Å². The van der Waals surface area contributed by atoms with E-state index in [1.54, 1.807) is 6.20 Å². The summed E-state index contributed by atoms with van der Waals surface area (Å²) in [5, 5.41) is 11.5. The lowest BCUT2D eigenvalue weighted by atomic mass is 9.99. The monoisotopic (exact) mass is 614 g/mol. The molecule has 202 valence electrons. The Kier molecular flexibility index (Phi) is 7.04. The van der Waals surface area contributed by atoms with Crippen LogP contribution < -0.4 is 0 Å². The van der Waals surface area contributed by atoms with Gasteiger partial charge in [-0.2, -0.15) is 5.26 Å². The van der Waals surface area contributed by atoms with Crippen molar-refractivity contribution in [2.45, 2.75) is 0 Å². The molecule has 0 atom stereocenters. The standard InChI is InChI=1S/C38H23BrN4/c39-35-20-33(32-6-3-17-41-24-32)19-34(21-35)37-22-36(29-14-11-28(12-15-29)27-9-7-25(23-40)8-10-27)42-38(43-37)31-16-13-26-4-1-2-5-30(26)18-31/h1-22,24H. The molecule has 0 saturated heterocycles. The number of hydrogen-bond donors (Lipinski definition) is 0. The van der Waals surface area contributed by atoms with Crippen LogP contribution in [0.2, 0.25) is 0 Å². The minimum absolute atomic E-state index is 0.648. The van der Waals surface area contributed by atoms with Gasteiger partial charge < -0.3 is 0 Å². The second-order valence-electron chi connectivity index (χ2n) is 10.3. The molecule has 2 heterocycles. The molecule has 0 amide bonds. The summed E-state index contributed by atoms with van der Waals surface area (Å²) >= 11 is 3.72. The van der Waals surface area contributed by atoms with Crippen LogP contribution in [0.5, 0.6) is 0 Å². The molecule has 0 aliphatic carbocycles. The molecular formula is C38H23BrN4. The maximum atomic E-state index is 9.14. The molecule has 0 radical (unpaired) electrons. The van der Waals surface area contributed by atoms with E-state index >= 15 is 0 Å². The Labute approximate surface area is 258 Å². The lowest BCUT2D eigenvalue weighted by Crippen LogP contribution is -1.96. The Balaban J connectivity index is 1.36. The number of halogens is 1. The highest BCUT2D eigenvalue weighted by molar-refractivity contribution is 9.10. The maximum Gasteiger partial charge on any atom is 0.160 e. The Morgan fingerprint density at radius 1 is 0.512 bits per heavy atom. The first-order chi connectivity index (χ1) is 21.1. The Bertz CT molecular complexity index is 2130. The lowest BCUT2D eigenvalue weighted by molar-refractivity contribution is 1.18. The molecule has 0 unspecified atom stereocenters. The summed E-state index contributed by atoms with van der Waals surface area (Å²) in [4.78, 5) is 14.5. The normalized spacial score (nSPS) is 10.9. The summed E-state index contributed by atoms with van der Waals surface area (Å²) in [7, 11) is 0. The van der Waals surface area contributed by atoms with Crippen LogP contribution in [0, 0.1) is 11.3 Å². The molecular weight excluding hydrogens is 592 g/mol. The zero-order valence-corrected chi connectivity index (χ0v) is 24.5. The molecule has 0 spiro atoms. The van der Waals surface area contributed by atoms with Crippen LogP contribution in [0.1, 0.15) is 5.56 Å². The first-order valence-electron chi connectivity index (χ1n) is 13.8. The molecule has 4 nitrogen and oxygen atoms in total. The largest absolute Gasteiger partial charge is 0.264 e. The summed E-state index contributed by atoms with van der Waals surface area (Å²) in [5.41, 5.74) is 9.46. The molecule has 0 fully saturated rings. The number of benzene rings is 5. The van der Waals surface area contributed by atoms with E-state index in [2.05, 4.69) is 112 Å². The third-order valence-electron chi connectivity index (χ3n) is 7.45. The van der Waals surface area contributed by atoms with Gasteiger partial charge in [0.25, 0.3) is 0 Å². The predicted octanol–water partition coefficient (Wildman–Crippen LogP) is 9.99. The van der Waals surface area contributed by atoms with Crippen LogP contribution >= 0.6 is 15.9 Å². The molecule has 0 N–H and O–H groups in total. The van der Waals surface area contributed by atoms with E-state index in [9.17, 15) is 0 Å². The van der Waals surface area contributed by atoms with Crippen molar-refractivity contribution in [1.82, 2.24) is 15.0 Å². The lowest BCUT2D eigenvalue weighted by Gasteiger charge is -2.12. The molecule has 0 saturated carbocycles. The first-order valence-corrected chi connectivity index (χ1v) is 14.6. The van der Waals surface area contributed by atoms with Crippen molar-refractivity contribution in [2.24, 2.45) is 0 Å². The van der Waals surface area contributed by atoms with Crippen LogP contribution in [-0.4, -0.2) is 15.0 Å². The topological polar surface area (TPSA) is 62.5 Å². The number of aromatic nitrogens is 3. The van der Waals surface area contributed by atoms with Crippen molar-refractivity contribution in [1.29, 1.82) is 5.26 Å². The van der Waals surface area contributed by atoms with E-state index in [-0.39, 0.29) is 0 Å². The fraction of sp³-hybridized carbons (Fsp3) is 0. The van der Waals surface area contributed by atoms with Gasteiger partial charge in [-0.05, 0) is 76.0 Å². The molecule has 5 aromatic carbocycles. The van der Waals surface area contributed by atoms with Crippen LogP contribution in [0.15, 0.2) is 144 Å². The van der Waals surface area contributed by atoms with Gasteiger partial charge >= 0.3 is 0 Å². The third-order valence-corrected chi connectivity index (χ3v) is 7.91. The van der Waals surface area contributed by atoms with Gasteiger partial charge in [-0.25, -0.2) is 9.97 Å². The molecule has 43 heavy (non-hydrogen) atoms. The summed E-state index contributed by atoms with van der Waals surface area (Å²) in [6.45, 7) is 0. The van der Waals surface area contributed by atoms with Gasteiger partial charge in [0.2, 0.25) is 0 Å². The van der Waals surface area contributed by atoms with Gasteiger partial charge in [0.05, 0.1) is 23.0 Å². The Morgan fingerprint density at radius 3 is 1.88 bits per heavy atom. The summed E-state index contributed by atoms with van der Waals surface area (Å²) in [6, 6.07) is 45.2. The third kappa shape index (κ3) is 5.57. The Morgan fingerprint density at radius 2 is 1.16 bits per heavy atom. The fourth-order valence-corrected chi connectivity index (χ4v) is 5.70. The first kappa shape index (κ1) is 26.5. The number of nitrogens with zero attached hydrogens (tertiary/aromatic N) is 4. The van der Waals surface area contributed by atoms with Gasteiger partial charge in [-0.3, -0.25) is 4.98 Å². The second-order valence-corrected chi connectivity index (χ2v) is 11.2. The molecule has 2 aromatic heterocycles. The maximum absolute atomic E-state index is 9.14. The van der Waals surface area contributed by atoms with E-state index in [0.29, 0.717) is 11.4 Å². The van der Waals surface area contributed by atoms with E-state index in [1.165, 1.54) is 5.39 Å². The van der Waals surface area contributed by atoms with Crippen molar-refractivity contribution >= 4 is 26.7 Å². The number of fused-ring (bicyclic) bond motifs is 1. The highest BCUT2D eigenvalue weighted by Gasteiger charge is 2.13. The van der Waals surface area contributed by atoms with Gasteiger partial charge in [0.15, 0.2) is 5.82 Å². The summed E-state index contributed by atoms with van der Waals surface area (Å²) in [5.74, 6) is 0.664. The highest BCUT2D eigenvalue weighted by atomic mass is 79.9. The number of rotatable bonds is 5. The molecule has 7 aromatic rings. The molecule has 0 bridgehead atoms. The number of pyridine rings is 1. The second kappa shape index (κ2) is 11.4. The van der Waals surface area contributed by atoms with Crippen LogP contribution in [-0.2, 0) is 0 Å². The van der Waals surface area contributed by atoms with Crippen molar-refractivity contribution in [3.63, 3.8) is 0 Å². The Hall–Kier alpha value is -5.44. The smallest absolute Gasteiger partial charge is 0.160 e. The van der Waals surface area contributed by atoms with Crippen molar-refractivity contribution in [3.8, 4) is 62.2 Å². The highest BCUT2D eigenvalue weighted by Crippen LogP contribution is 2.34. The zero-order chi connectivity index (χ0) is 29.2. The van der Waals surface area contributed by atoms with Crippen LogP contribution in [0.25, 0.3) is 66.9 Å². The molecule has 7 rings (SSSR count). The van der Waals surface area contributed by atoms with Gasteiger partial charge in [0, 0.05) is 39.1 Å². The average Bonchev–Trinajstić information content (AvgIpc) is 3.08. The summed E-state index contributed by atoms with van der Waals surface area (Å²) < 4.78 is 0.961. The predicted molar refractivity (Wildman–Crippen MR) is 177 cm³/mol. The zero-order valence-electron chi connectivity index (χ0n) is 22.9. The van der Waals surface area contributed by atoms with Gasteiger partial charge in [-0.1, -0.05) is 94.8 Å². The van der Waals surface area contributed by atoms with Gasteiger partial charge in [0.1, 0.15) is 0 Å². The van der Waals surface area contributed by atoms with Gasteiger partial charge in [-0.15, -0.1) is 0 Å². The van der Waals surface area contributed by atoms with Crippen molar-refractivity contribution in [3.05, 3.63) is 150 Å². The quantitative estimate of drug-likeness (QED) is 0.193. The number of nitriles is 1. The van der Waals surface area contributed by atoms with Crippen molar-refractivity contribution in [2.75, 3.05) is 0 Å². The minimum atomic E-state index is 0.648. The molecule has 5 heteroatoms. The fourth-order valence-electron chi connectivity index (χ4n) is 5.21. The summed E-state index contributed by atoms with van der Waals surface area (Å²) in [6.07, 6.45) is 3.65. The minimum Gasteiger partial charge on any atom is -0.264 e. The van der Waals surface area contributed by atoms with E-state index in [0.717, 1.165) is 60.2 Å². The number of hydrogen-bond acceptors (Lipinski definition) is 4. The van der Waals surface area contributed by atoms with E-state index < -0.39 is 0 Å². The SMILES string of the molecule is N#Cc1ccc(-c2ccc(-c3cc(-c4cc(Br)cc(-c5cccnc5)c4)nc(-c4ccc5ccccc5c4)n3)cc2)cc1. The van der Waals surface area contributed by atoms with E-state index in [1.807, 2.05) is 48.7 Å². The average molecular weight is 616 g/mol. The molecule has 0 aliphatic rings. The van der Waals surface area contributed by atoms with Crippen molar-refractivity contribution < 1.29 is 0 Å². The van der Waals surface area contributed by atoms with Crippen LogP contribution in [0.3, 0.4) is 0 Å². The molecule has 0 aliphatic heterocycles. The van der Waals surface area contributed by atoms with E-state index in [4.69, 9.17) is 15.2 Å².